The van der Waals surface area contributed by atoms with Crippen LogP contribution in [-0.2, 0) is 0 Å². The Kier molecular flexibility index (Phi) is 5.79. The Morgan fingerprint density at radius 3 is 1.85 bits per heavy atom. The van der Waals surface area contributed by atoms with Crippen LogP contribution in [0.5, 0.6) is 0 Å². The molecule has 0 amide bonds. The van der Waals surface area contributed by atoms with Crippen molar-refractivity contribution in [2.75, 3.05) is 10.3 Å². The Balaban J connectivity index is 4.30. The van der Waals surface area contributed by atoms with Crippen LogP contribution in [0.1, 0.15) is 20.8 Å². The molecule has 0 saturated heterocycles. The van der Waals surface area contributed by atoms with Crippen LogP contribution in [0.3, 0.4) is 0 Å². The third-order valence-electron chi connectivity index (χ3n) is 2.57. The van der Waals surface area contributed by atoms with Crippen molar-refractivity contribution >= 4 is 39.9 Å². The Morgan fingerprint density at radius 2 is 1.62 bits per heavy atom. The number of rotatable bonds is 4. The minimum absolute atomic E-state index is 0.440. The molecule has 0 heterocycles. The first-order valence-corrected chi connectivity index (χ1v) is 10.5. The van der Waals surface area contributed by atoms with E-state index < -0.39 is 8.07 Å². The molecule has 0 aromatic carbocycles. The van der Waals surface area contributed by atoms with Crippen LogP contribution >= 0.6 is 31.9 Å². The second kappa shape index (κ2) is 5.31. The van der Waals surface area contributed by atoms with Crippen molar-refractivity contribution in [2.24, 2.45) is 11.3 Å². The van der Waals surface area contributed by atoms with Gasteiger partial charge in [-0.15, -0.1) is 0 Å². The molecule has 0 aliphatic rings. The SMILES string of the molecule is CC(C)(C)C(CBr)C[Si](C)(C)CBr. The molecule has 13 heavy (non-hydrogen) atoms. The van der Waals surface area contributed by atoms with Crippen molar-refractivity contribution in [1.29, 1.82) is 0 Å². The molecule has 0 spiro atoms. The van der Waals surface area contributed by atoms with E-state index in [0.29, 0.717) is 5.41 Å². The van der Waals surface area contributed by atoms with E-state index in [1.54, 1.807) is 0 Å². The van der Waals surface area contributed by atoms with Crippen molar-refractivity contribution in [3.05, 3.63) is 0 Å². The van der Waals surface area contributed by atoms with Crippen LogP contribution in [0.4, 0.5) is 0 Å². The zero-order valence-corrected chi connectivity index (χ0v) is 13.6. The number of alkyl halides is 2. The first kappa shape index (κ1) is 14.2. The lowest BCUT2D eigenvalue weighted by Crippen LogP contribution is -2.36. The van der Waals surface area contributed by atoms with Crippen LogP contribution in [0.2, 0.25) is 19.1 Å². The highest BCUT2D eigenvalue weighted by atomic mass is 79.9. The molecule has 0 saturated carbocycles. The summed E-state index contributed by atoms with van der Waals surface area (Å²) >= 11 is 7.28. The molecule has 3 heteroatoms. The molecule has 0 aliphatic heterocycles. The summed E-state index contributed by atoms with van der Waals surface area (Å²) in [6.45, 7) is 12.0. The van der Waals surface area contributed by atoms with Crippen molar-refractivity contribution in [3.63, 3.8) is 0 Å². The van der Waals surface area contributed by atoms with E-state index in [4.69, 9.17) is 0 Å². The fourth-order valence-corrected chi connectivity index (χ4v) is 5.82. The van der Waals surface area contributed by atoms with Crippen molar-refractivity contribution in [1.82, 2.24) is 0 Å². The van der Waals surface area contributed by atoms with E-state index in [1.807, 2.05) is 0 Å². The highest BCUT2D eigenvalue weighted by Crippen LogP contribution is 2.34. The standard InChI is InChI=1S/C10H22Br2Si/c1-10(2,3)9(6-11)7-13(4,5)8-12/h9H,6-8H2,1-5H3. The Hall–Kier alpha value is 1.18. The van der Waals surface area contributed by atoms with E-state index in [9.17, 15) is 0 Å². The second-order valence-corrected chi connectivity index (χ2v) is 13.1. The van der Waals surface area contributed by atoms with Gasteiger partial charge in [0, 0.05) is 5.33 Å². The number of halogens is 2. The van der Waals surface area contributed by atoms with E-state index in [1.165, 1.54) is 11.0 Å². The van der Waals surface area contributed by atoms with Crippen molar-refractivity contribution in [3.8, 4) is 0 Å². The van der Waals surface area contributed by atoms with Crippen LogP contribution in [0.25, 0.3) is 0 Å². The number of hydrogen-bond acceptors (Lipinski definition) is 0. The van der Waals surface area contributed by atoms with Gasteiger partial charge in [0.05, 0.1) is 8.07 Å². The Bertz CT molecular complexity index is 149. The summed E-state index contributed by atoms with van der Waals surface area (Å²) in [5.74, 6) is 0.812. The van der Waals surface area contributed by atoms with Gasteiger partial charge in [-0.1, -0.05) is 71.8 Å². The quantitative estimate of drug-likeness (QED) is 0.518. The Morgan fingerprint density at radius 1 is 1.15 bits per heavy atom. The second-order valence-electron chi connectivity index (χ2n) is 5.72. The topological polar surface area (TPSA) is 0 Å². The molecule has 80 valence electrons. The van der Waals surface area contributed by atoms with Gasteiger partial charge in [0.25, 0.3) is 0 Å². The highest BCUT2D eigenvalue weighted by molar-refractivity contribution is 9.09. The van der Waals surface area contributed by atoms with Gasteiger partial charge in [-0.3, -0.25) is 0 Å². The molecule has 0 aromatic rings. The average molecular weight is 330 g/mol. The van der Waals surface area contributed by atoms with Gasteiger partial charge in [-0.05, 0) is 16.3 Å². The van der Waals surface area contributed by atoms with Gasteiger partial charge in [-0.2, -0.15) is 0 Å². The normalized spacial score (nSPS) is 15.9. The molecular formula is C10H22Br2Si. The molecule has 0 nitrogen and oxygen atoms in total. The first-order valence-electron chi connectivity index (χ1n) is 4.85. The zero-order chi connectivity index (χ0) is 10.7. The summed E-state index contributed by atoms with van der Waals surface area (Å²) in [4.78, 5) is 1.22. The molecule has 0 aromatic heterocycles. The summed E-state index contributed by atoms with van der Waals surface area (Å²) in [6, 6.07) is 1.41. The molecule has 0 fully saturated rings. The maximum atomic E-state index is 3.64. The fourth-order valence-electron chi connectivity index (χ4n) is 1.31. The summed E-state index contributed by atoms with van der Waals surface area (Å²) in [6.07, 6.45) is 0. The minimum Gasteiger partial charge on any atom is -0.0962 e. The molecule has 0 aliphatic carbocycles. The predicted molar refractivity (Wildman–Crippen MR) is 72.8 cm³/mol. The van der Waals surface area contributed by atoms with E-state index in [-0.39, 0.29) is 0 Å². The van der Waals surface area contributed by atoms with Crippen LogP contribution < -0.4 is 0 Å². The van der Waals surface area contributed by atoms with Gasteiger partial charge in [0.2, 0.25) is 0 Å². The molecule has 1 unspecified atom stereocenters. The van der Waals surface area contributed by atoms with Crippen LogP contribution in [-0.4, -0.2) is 18.4 Å². The van der Waals surface area contributed by atoms with Crippen LogP contribution in [0.15, 0.2) is 0 Å². The third kappa shape index (κ3) is 5.58. The average Bonchev–Trinajstić information content (AvgIpc) is 1.98. The summed E-state index contributed by atoms with van der Waals surface area (Å²) in [5, 5.41) is 1.14. The molecule has 0 bridgehead atoms. The number of hydrogen-bond donors (Lipinski definition) is 0. The molecule has 1 atom stereocenters. The van der Waals surface area contributed by atoms with Gasteiger partial charge < -0.3 is 0 Å². The van der Waals surface area contributed by atoms with Gasteiger partial charge in [0.15, 0.2) is 0 Å². The maximum absolute atomic E-state index is 3.64. The van der Waals surface area contributed by atoms with Gasteiger partial charge in [0.1, 0.15) is 0 Å². The summed E-state index contributed by atoms with van der Waals surface area (Å²) < 4.78 is 0. The van der Waals surface area contributed by atoms with Gasteiger partial charge >= 0.3 is 0 Å². The van der Waals surface area contributed by atoms with Gasteiger partial charge in [-0.25, -0.2) is 0 Å². The lowest BCUT2D eigenvalue weighted by molar-refractivity contribution is 0.288. The summed E-state index contributed by atoms with van der Waals surface area (Å²) in [5.41, 5.74) is 0.440. The highest BCUT2D eigenvalue weighted by Gasteiger charge is 2.30. The molecule has 0 N–H and O–H groups in total. The van der Waals surface area contributed by atoms with E-state index >= 15 is 0 Å². The molecule has 0 rings (SSSR count). The van der Waals surface area contributed by atoms with Crippen molar-refractivity contribution < 1.29 is 0 Å². The fraction of sp³-hybridized carbons (Fsp3) is 1.00. The monoisotopic (exact) mass is 328 g/mol. The first-order chi connectivity index (χ1) is 5.73. The maximum Gasteiger partial charge on any atom is 0.0590 e. The molecular weight excluding hydrogens is 308 g/mol. The molecule has 0 radical (unpaired) electrons. The van der Waals surface area contributed by atoms with Crippen LogP contribution in [0, 0.1) is 11.3 Å². The Labute approximate surface area is 101 Å². The predicted octanol–water partition coefficient (Wildman–Crippen LogP) is 4.69. The lowest BCUT2D eigenvalue weighted by atomic mass is 9.83. The lowest BCUT2D eigenvalue weighted by Gasteiger charge is -2.34. The van der Waals surface area contributed by atoms with E-state index in [0.717, 1.165) is 11.2 Å². The third-order valence-corrected chi connectivity index (χ3v) is 10.2. The summed E-state index contributed by atoms with van der Waals surface area (Å²) in [7, 11) is -0.984. The smallest absolute Gasteiger partial charge is 0.0590 e. The largest absolute Gasteiger partial charge is 0.0962 e. The van der Waals surface area contributed by atoms with Crippen molar-refractivity contribution in [2.45, 2.75) is 39.9 Å². The van der Waals surface area contributed by atoms with E-state index in [2.05, 4.69) is 65.7 Å². The minimum atomic E-state index is -0.984. The zero-order valence-electron chi connectivity index (χ0n) is 9.45.